The average molecular weight is 255 g/mol. The Morgan fingerprint density at radius 3 is 2.71 bits per heavy atom. The first-order chi connectivity index (χ1) is 8.04. The quantitative estimate of drug-likeness (QED) is 0.907. The first-order valence-electron chi connectivity index (χ1n) is 5.43. The highest BCUT2D eigenvalue weighted by Gasteiger charge is 2.22. The van der Waals surface area contributed by atoms with Gasteiger partial charge in [0, 0.05) is 25.4 Å². The first-order valence-corrected chi connectivity index (χ1v) is 5.81. The molecule has 0 aliphatic heterocycles. The van der Waals surface area contributed by atoms with E-state index in [1.54, 1.807) is 18.1 Å². The molecule has 5 nitrogen and oxygen atoms in total. The summed E-state index contributed by atoms with van der Waals surface area (Å²) in [5.41, 5.74) is 1.93. The molecule has 92 valence electrons. The van der Waals surface area contributed by atoms with E-state index < -0.39 is 6.10 Å². The van der Waals surface area contributed by atoms with Crippen molar-refractivity contribution in [2.75, 3.05) is 0 Å². The molecule has 0 spiro atoms. The number of hydrogen-bond acceptors (Lipinski definition) is 3. The Bertz CT molecular complexity index is 532. The highest BCUT2D eigenvalue weighted by Crippen LogP contribution is 2.29. The van der Waals surface area contributed by atoms with Gasteiger partial charge >= 0.3 is 0 Å². The molecule has 0 aliphatic rings. The van der Waals surface area contributed by atoms with Crippen LogP contribution < -0.4 is 0 Å². The average Bonchev–Trinajstić information content (AvgIpc) is 2.85. The van der Waals surface area contributed by atoms with Gasteiger partial charge in [-0.3, -0.25) is 4.68 Å². The Labute approximate surface area is 105 Å². The zero-order valence-electron chi connectivity index (χ0n) is 10.1. The van der Waals surface area contributed by atoms with Gasteiger partial charge in [-0.05, 0) is 13.8 Å². The highest BCUT2D eigenvalue weighted by atomic mass is 35.5. The van der Waals surface area contributed by atoms with E-state index in [9.17, 15) is 5.11 Å². The Kier molecular flexibility index (Phi) is 3.22. The number of aliphatic hydroxyl groups is 1. The fraction of sp³-hybridized carbons (Fsp3) is 0.455. The maximum Gasteiger partial charge on any atom is 0.133 e. The second-order valence-electron chi connectivity index (χ2n) is 3.95. The standard InChI is InChI=1S/C11H15ClN4O/c1-4-16-5-8(13-6-16)10(17)9-7(2)14-15(3)11(9)12/h5-6,10,17H,4H2,1-3H3. The Morgan fingerprint density at radius 2 is 2.24 bits per heavy atom. The molecular weight excluding hydrogens is 240 g/mol. The zero-order chi connectivity index (χ0) is 12.6. The number of nitrogens with zero attached hydrogens (tertiary/aromatic N) is 4. The van der Waals surface area contributed by atoms with Gasteiger partial charge in [0.1, 0.15) is 11.3 Å². The molecule has 0 fully saturated rings. The predicted octanol–water partition coefficient (Wildman–Crippen LogP) is 1.68. The lowest BCUT2D eigenvalue weighted by Crippen LogP contribution is -2.02. The molecule has 1 N–H and O–H groups in total. The third-order valence-electron chi connectivity index (χ3n) is 2.77. The summed E-state index contributed by atoms with van der Waals surface area (Å²) in [5, 5.41) is 14.9. The number of hydrogen-bond donors (Lipinski definition) is 1. The van der Waals surface area contributed by atoms with Gasteiger partial charge in [0.2, 0.25) is 0 Å². The second-order valence-corrected chi connectivity index (χ2v) is 4.30. The van der Waals surface area contributed by atoms with Gasteiger partial charge in [0.15, 0.2) is 0 Å². The number of aromatic nitrogens is 4. The number of halogens is 1. The molecule has 6 heteroatoms. The number of rotatable bonds is 3. The lowest BCUT2D eigenvalue weighted by molar-refractivity contribution is 0.215. The smallest absolute Gasteiger partial charge is 0.133 e. The van der Waals surface area contributed by atoms with E-state index in [2.05, 4.69) is 10.1 Å². The minimum atomic E-state index is -0.830. The zero-order valence-corrected chi connectivity index (χ0v) is 10.8. The molecule has 1 atom stereocenters. The van der Waals surface area contributed by atoms with Crippen LogP contribution in [0.25, 0.3) is 0 Å². The van der Waals surface area contributed by atoms with Crippen molar-refractivity contribution in [3.8, 4) is 0 Å². The summed E-state index contributed by atoms with van der Waals surface area (Å²) in [5.74, 6) is 0. The molecule has 0 radical (unpaired) electrons. The molecule has 1 unspecified atom stereocenters. The summed E-state index contributed by atoms with van der Waals surface area (Å²) in [4.78, 5) is 4.17. The van der Waals surface area contributed by atoms with Crippen LogP contribution in [0.4, 0.5) is 0 Å². The third kappa shape index (κ3) is 2.08. The first kappa shape index (κ1) is 12.1. The van der Waals surface area contributed by atoms with Gasteiger partial charge in [-0.1, -0.05) is 11.6 Å². The van der Waals surface area contributed by atoms with E-state index in [0.29, 0.717) is 16.4 Å². The van der Waals surface area contributed by atoms with Crippen LogP contribution in [0.5, 0.6) is 0 Å². The van der Waals surface area contributed by atoms with Crippen molar-refractivity contribution in [2.24, 2.45) is 7.05 Å². The molecule has 0 saturated heterocycles. The molecule has 17 heavy (non-hydrogen) atoms. The van der Waals surface area contributed by atoms with Crippen LogP contribution in [0.15, 0.2) is 12.5 Å². The van der Waals surface area contributed by atoms with Gasteiger partial charge in [-0.2, -0.15) is 5.10 Å². The molecule has 0 bridgehead atoms. The van der Waals surface area contributed by atoms with E-state index in [-0.39, 0.29) is 0 Å². The second kappa shape index (κ2) is 4.50. The van der Waals surface area contributed by atoms with Crippen LogP contribution in [-0.2, 0) is 13.6 Å². The fourth-order valence-corrected chi connectivity index (χ4v) is 2.07. The summed E-state index contributed by atoms with van der Waals surface area (Å²) in [6, 6.07) is 0. The molecule has 0 aromatic carbocycles. The van der Waals surface area contributed by atoms with Gasteiger partial charge in [-0.25, -0.2) is 4.98 Å². The van der Waals surface area contributed by atoms with Crippen molar-refractivity contribution in [3.63, 3.8) is 0 Å². The third-order valence-corrected chi connectivity index (χ3v) is 3.22. The van der Waals surface area contributed by atoms with Crippen LogP contribution in [0.3, 0.4) is 0 Å². The lowest BCUT2D eigenvalue weighted by atomic mass is 10.1. The van der Waals surface area contributed by atoms with Crippen LogP contribution in [-0.4, -0.2) is 24.4 Å². The Hall–Kier alpha value is -1.33. The molecule has 2 heterocycles. The van der Waals surface area contributed by atoms with E-state index >= 15 is 0 Å². The van der Waals surface area contributed by atoms with Crippen molar-refractivity contribution in [1.29, 1.82) is 0 Å². The lowest BCUT2D eigenvalue weighted by Gasteiger charge is -2.07. The fourth-order valence-electron chi connectivity index (χ4n) is 1.80. The van der Waals surface area contributed by atoms with Gasteiger partial charge in [0.25, 0.3) is 0 Å². The SMILES string of the molecule is CCn1cnc(C(O)c2c(C)nn(C)c2Cl)c1. The maximum absolute atomic E-state index is 10.3. The molecule has 0 aliphatic carbocycles. The van der Waals surface area contributed by atoms with Crippen molar-refractivity contribution >= 4 is 11.6 Å². The monoisotopic (exact) mass is 254 g/mol. The number of aliphatic hydroxyl groups excluding tert-OH is 1. The highest BCUT2D eigenvalue weighted by molar-refractivity contribution is 6.30. The molecular formula is C11H15ClN4O. The Balaban J connectivity index is 2.39. The number of aryl methyl sites for hydroxylation is 3. The van der Waals surface area contributed by atoms with Crippen molar-refractivity contribution in [1.82, 2.24) is 19.3 Å². The summed E-state index contributed by atoms with van der Waals surface area (Å²) in [6.45, 7) is 4.65. The molecule has 2 aromatic rings. The van der Waals surface area contributed by atoms with E-state index in [4.69, 9.17) is 11.6 Å². The summed E-state index contributed by atoms with van der Waals surface area (Å²) < 4.78 is 3.45. The van der Waals surface area contributed by atoms with E-state index in [0.717, 1.165) is 12.2 Å². The van der Waals surface area contributed by atoms with Gasteiger partial charge < -0.3 is 9.67 Å². The van der Waals surface area contributed by atoms with Gasteiger partial charge in [-0.15, -0.1) is 0 Å². The van der Waals surface area contributed by atoms with Crippen molar-refractivity contribution in [2.45, 2.75) is 26.5 Å². The van der Waals surface area contributed by atoms with Crippen LogP contribution in [0.1, 0.15) is 30.0 Å². The minimum absolute atomic E-state index is 0.445. The van der Waals surface area contributed by atoms with E-state index in [1.165, 1.54) is 0 Å². The maximum atomic E-state index is 10.3. The largest absolute Gasteiger partial charge is 0.382 e. The van der Waals surface area contributed by atoms with Crippen molar-refractivity contribution in [3.05, 3.63) is 34.6 Å². The summed E-state index contributed by atoms with van der Waals surface area (Å²) in [6.07, 6.45) is 2.68. The Morgan fingerprint density at radius 1 is 1.53 bits per heavy atom. The summed E-state index contributed by atoms with van der Waals surface area (Å²) in [7, 11) is 1.75. The van der Waals surface area contributed by atoms with Crippen LogP contribution >= 0.6 is 11.6 Å². The molecule has 0 amide bonds. The topological polar surface area (TPSA) is 55.9 Å². The predicted molar refractivity (Wildman–Crippen MR) is 64.9 cm³/mol. The minimum Gasteiger partial charge on any atom is -0.382 e. The molecule has 2 rings (SSSR count). The summed E-state index contributed by atoms with van der Waals surface area (Å²) >= 11 is 6.11. The normalized spacial score (nSPS) is 13.0. The molecule has 0 saturated carbocycles. The van der Waals surface area contributed by atoms with Gasteiger partial charge in [0.05, 0.1) is 17.7 Å². The number of imidazole rings is 1. The van der Waals surface area contributed by atoms with Crippen LogP contribution in [0.2, 0.25) is 5.15 Å². The van der Waals surface area contributed by atoms with Crippen molar-refractivity contribution < 1.29 is 5.11 Å². The van der Waals surface area contributed by atoms with E-state index in [1.807, 2.05) is 24.6 Å². The molecule has 2 aromatic heterocycles. The van der Waals surface area contributed by atoms with Crippen LogP contribution in [0, 0.1) is 6.92 Å².